The van der Waals surface area contributed by atoms with E-state index in [-0.39, 0.29) is 6.54 Å². The molecular weight excluding hydrogens is 268 g/mol. The summed E-state index contributed by atoms with van der Waals surface area (Å²) in [6, 6.07) is 14.1. The molecule has 0 unspecified atom stereocenters. The van der Waals surface area contributed by atoms with Gasteiger partial charge in [-0.2, -0.15) is 4.98 Å². The van der Waals surface area contributed by atoms with Crippen molar-refractivity contribution >= 4 is 16.7 Å². The Labute approximate surface area is 121 Å². The molecule has 1 amide bonds. The van der Waals surface area contributed by atoms with Gasteiger partial charge in [0, 0.05) is 5.56 Å². The first kappa shape index (κ1) is 13.3. The van der Waals surface area contributed by atoms with E-state index in [2.05, 4.69) is 21.5 Å². The average Bonchev–Trinajstić information content (AvgIpc) is 2.95. The zero-order valence-corrected chi connectivity index (χ0v) is 11.2. The Morgan fingerprint density at radius 1 is 1.19 bits per heavy atom. The van der Waals surface area contributed by atoms with Crippen LogP contribution in [0.3, 0.4) is 0 Å². The number of rotatable bonds is 5. The van der Waals surface area contributed by atoms with Gasteiger partial charge < -0.3 is 10.3 Å². The topological polar surface area (TPSA) is 94.0 Å². The number of amides is 1. The van der Waals surface area contributed by atoms with Crippen LogP contribution in [0.15, 0.2) is 47.0 Å². The maximum atomic E-state index is 10.6. The molecule has 3 rings (SSSR count). The third-order valence-electron chi connectivity index (χ3n) is 3.05. The molecule has 3 N–H and O–H groups in total. The number of aromatic nitrogens is 2. The van der Waals surface area contributed by atoms with Crippen LogP contribution >= 0.6 is 0 Å². The van der Waals surface area contributed by atoms with Crippen LogP contribution in [0, 0.1) is 0 Å². The maximum Gasteiger partial charge on any atom is 0.240 e. The van der Waals surface area contributed by atoms with E-state index in [1.807, 2.05) is 36.4 Å². The highest BCUT2D eigenvalue weighted by molar-refractivity contribution is 5.86. The molecule has 0 spiro atoms. The molecule has 6 heteroatoms. The molecule has 1 heterocycles. The molecule has 21 heavy (non-hydrogen) atoms. The van der Waals surface area contributed by atoms with E-state index in [4.69, 9.17) is 10.3 Å². The number of nitrogens with zero attached hydrogens (tertiary/aromatic N) is 2. The Hall–Kier alpha value is -2.73. The number of nitrogens with two attached hydrogens (primary N) is 1. The molecule has 0 saturated heterocycles. The number of carbonyl (C=O) groups is 1. The lowest BCUT2D eigenvalue weighted by molar-refractivity contribution is -0.117. The van der Waals surface area contributed by atoms with Crippen molar-refractivity contribution in [2.75, 3.05) is 6.54 Å². The van der Waals surface area contributed by atoms with Crippen LogP contribution in [0.5, 0.6) is 0 Å². The van der Waals surface area contributed by atoms with E-state index in [1.54, 1.807) is 0 Å². The fourth-order valence-electron chi connectivity index (χ4n) is 2.06. The molecule has 3 aromatic rings. The minimum absolute atomic E-state index is 0.0771. The zero-order chi connectivity index (χ0) is 14.7. The number of benzene rings is 2. The van der Waals surface area contributed by atoms with E-state index < -0.39 is 5.91 Å². The summed E-state index contributed by atoms with van der Waals surface area (Å²) in [5.41, 5.74) is 5.93. The monoisotopic (exact) mass is 282 g/mol. The lowest BCUT2D eigenvalue weighted by Crippen LogP contribution is -2.28. The van der Waals surface area contributed by atoms with Gasteiger partial charge in [0.05, 0.1) is 13.1 Å². The molecule has 0 saturated carbocycles. The normalized spacial score (nSPS) is 10.9. The second kappa shape index (κ2) is 5.72. The smallest absolute Gasteiger partial charge is 0.240 e. The predicted molar refractivity (Wildman–Crippen MR) is 78.1 cm³/mol. The largest absolute Gasteiger partial charge is 0.369 e. The van der Waals surface area contributed by atoms with Crippen LogP contribution in [0.1, 0.15) is 5.89 Å². The van der Waals surface area contributed by atoms with E-state index >= 15 is 0 Å². The number of nitrogens with one attached hydrogen (secondary N) is 1. The number of hydrogen-bond acceptors (Lipinski definition) is 5. The lowest BCUT2D eigenvalue weighted by Gasteiger charge is -1.99. The van der Waals surface area contributed by atoms with Crippen LogP contribution in [0.2, 0.25) is 0 Å². The Balaban J connectivity index is 1.79. The van der Waals surface area contributed by atoms with Crippen LogP contribution in [0.25, 0.3) is 22.2 Å². The van der Waals surface area contributed by atoms with E-state index in [0.717, 1.165) is 16.3 Å². The van der Waals surface area contributed by atoms with Gasteiger partial charge in [0.2, 0.25) is 17.6 Å². The molecular formula is C15H14N4O2. The molecule has 106 valence electrons. The Morgan fingerprint density at radius 2 is 2.00 bits per heavy atom. The third-order valence-corrected chi connectivity index (χ3v) is 3.05. The standard InChI is InChI=1S/C15H14N4O2/c16-13(20)8-17-9-14-18-15(19-21-14)12-6-5-10-3-1-2-4-11(10)7-12/h1-7,17H,8-9H2,(H2,16,20). The highest BCUT2D eigenvalue weighted by Crippen LogP contribution is 2.22. The van der Waals surface area contributed by atoms with Crippen LogP contribution in [-0.2, 0) is 11.3 Å². The Morgan fingerprint density at radius 3 is 2.81 bits per heavy atom. The summed E-state index contributed by atoms with van der Waals surface area (Å²) >= 11 is 0. The average molecular weight is 282 g/mol. The summed E-state index contributed by atoms with van der Waals surface area (Å²) < 4.78 is 5.14. The Kier molecular flexibility index (Phi) is 3.61. The predicted octanol–water partition coefficient (Wildman–Crippen LogP) is 1.46. The quantitative estimate of drug-likeness (QED) is 0.739. The maximum absolute atomic E-state index is 10.6. The van der Waals surface area contributed by atoms with Crippen molar-refractivity contribution in [1.29, 1.82) is 0 Å². The van der Waals surface area contributed by atoms with Crippen LogP contribution in [-0.4, -0.2) is 22.6 Å². The molecule has 2 aromatic carbocycles. The molecule has 0 aliphatic carbocycles. The summed E-state index contributed by atoms with van der Waals surface area (Å²) in [5.74, 6) is 0.514. The first-order chi connectivity index (χ1) is 10.2. The summed E-state index contributed by atoms with van der Waals surface area (Å²) in [6.07, 6.45) is 0. The second-order valence-electron chi connectivity index (χ2n) is 4.64. The first-order valence-corrected chi connectivity index (χ1v) is 6.53. The lowest BCUT2D eigenvalue weighted by atomic mass is 10.1. The van der Waals surface area contributed by atoms with Gasteiger partial charge in [0.15, 0.2) is 0 Å². The fourth-order valence-corrected chi connectivity index (χ4v) is 2.06. The minimum Gasteiger partial charge on any atom is -0.369 e. The van der Waals surface area contributed by atoms with Crippen molar-refractivity contribution in [2.24, 2.45) is 5.73 Å². The van der Waals surface area contributed by atoms with Crippen molar-refractivity contribution in [3.8, 4) is 11.4 Å². The fraction of sp³-hybridized carbons (Fsp3) is 0.133. The molecule has 0 aliphatic heterocycles. The highest BCUT2D eigenvalue weighted by atomic mass is 16.5. The van der Waals surface area contributed by atoms with E-state index in [0.29, 0.717) is 18.3 Å². The van der Waals surface area contributed by atoms with Gasteiger partial charge in [-0.3, -0.25) is 10.1 Å². The van der Waals surface area contributed by atoms with Crippen molar-refractivity contribution in [1.82, 2.24) is 15.5 Å². The molecule has 0 radical (unpaired) electrons. The molecule has 0 fully saturated rings. The van der Waals surface area contributed by atoms with Gasteiger partial charge in [0.25, 0.3) is 0 Å². The third kappa shape index (κ3) is 3.06. The summed E-state index contributed by atoms with van der Waals surface area (Å²) in [4.78, 5) is 14.9. The zero-order valence-electron chi connectivity index (χ0n) is 11.2. The van der Waals surface area contributed by atoms with Crippen molar-refractivity contribution < 1.29 is 9.32 Å². The number of fused-ring (bicyclic) bond motifs is 1. The van der Waals surface area contributed by atoms with Crippen molar-refractivity contribution in [2.45, 2.75) is 6.54 Å². The molecule has 6 nitrogen and oxygen atoms in total. The summed E-state index contributed by atoms with van der Waals surface area (Å²) in [7, 11) is 0. The van der Waals surface area contributed by atoms with Gasteiger partial charge in [-0.15, -0.1) is 0 Å². The van der Waals surface area contributed by atoms with Crippen LogP contribution < -0.4 is 11.1 Å². The summed E-state index contributed by atoms with van der Waals surface area (Å²) in [5, 5.41) is 9.05. The molecule has 0 aliphatic rings. The van der Waals surface area contributed by atoms with Gasteiger partial charge in [0.1, 0.15) is 0 Å². The minimum atomic E-state index is -0.427. The molecule has 0 atom stereocenters. The van der Waals surface area contributed by atoms with Crippen LogP contribution in [0.4, 0.5) is 0 Å². The number of carbonyl (C=O) groups excluding carboxylic acids is 1. The van der Waals surface area contributed by atoms with Gasteiger partial charge in [-0.25, -0.2) is 0 Å². The number of hydrogen-bond donors (Lipinski definition) is 2. The Bertz CT molecular complexity index is 782. The van der Waals surface area contributed by atoms with Crippen molar-refractivity contribution in [3.05, 3.63) is 48.4 Å². The molecule has 0 bridgehead atoms. The van der Waals surface area contributed by atoms with Gasteiger partial charge in [-0.1, -0.05) is 41.6 Å². The van der Waals surface area contributed by atoms with Gasteiger partial charge in [-0.05, 0) is 16.8 Å². The van der Waals surface area contributed by atoms with E-state index in [9.17, 15) is 4.79 Å². The van der Waals surface area contributed by atoms with E-state index in [1.165, 1.54) is 0 Å². The highest BCUT2D eigenvalue weighted by Gasteiger charge is 2.09. The number of primary amides is 1. The SMILES string of the molecule is NC(=O)CNCc1nc(-c2ccc3ccccc3c2)no1. The van der Waals surface area contributed by atoms with Gasteiger partial charge >= 0.3 is 0 Å². The first-order valence-electron chi connectivity index (χ1n) is 6.53. The second-order valence-corrected chi connectivity index (χ2v) is 4.64. The summed E-state index contributed by atoms with van der Waals surface area (Å²) in [6.45, 7) is 0.386. The molecule has 1 aromatic heterocycles. The van der Waals surface area contributed by atoms with Crippen molar-refractivity contribution in [3.63, 3.8) is 0 Å².